The maximum absolute atomic E-state index is 13.2. The molecule has 1 aliphatic heterocycles. The van der Waals surface area contributed by atoms with Crippen LogP contribution >= 0.6 is 11.3 Å². The molecule has 3 amide bonds. The number of hydrogen-bond acceptors (Lipinski definition) is 4. The van der Waals surface area contributed by atoms with E-state index in [1.165, 1.54) is 4.90 Å². The Balaban J connectivity index is 1.68. The highest BCUT2D eigenvalue weighted by molar-refractivity contribution is 7.09. The van der Waals surface area contributed by atoms with Crippen LogP contribution in [0, 0.1) is 0 Å². The molecule has 0 unspecified atom stereocenters. The summed E-state index contributed by atoms with van der Waals surface area (Å²) in [5, 5.41) is 7.84. The number of aromatic nitrogens is 1. The molecule has 2 heterocycles. The third-order valence-electron chi connectivity index (χ3n) is 4.99. The Morgan fingerprint density at radius 3 is 2.63 bits per heavy atom. The zero-order valence-corrected chi connectivity index (χ0v) is 16.3. The summed E-state index contributed by atoms with van der Waals surface area (Å²) in [5.74, 6) is 0.0794. The fourth-order valence-electron chi connectivity index (χ4n) is 3.51. The van der Waals surface area contributed by atoms with Crippen molar-refractivity contribution in [1.82, 2.24) is 15.2 Å². The third-order valence-corrected chi connectivity index (χ3v) is 6.18. The van der Waals surface area contributed by atoms with Crippen molar-refractivity contribution in [3.8, 4) is 0 Å². The molecule has 0 spiro atoms. The number of nitrogens with zero attached hydrogens (tertiary/aromatic N) is 2. The number of urea groups is 1. The number of carbonyl (C=O) groups is 2. The second kappa shape index (κ2) is 6.46. The minimum Gasteiger partial charge on any atom is -0.319 e. The molecule has 0 aliphatic carbocycles. The van der Waals surface area contributed by atoms with Gasteiger partial charge in [-0.05, 0) is 23.3 Å². The van der Waals surface area contributed by atoms with Gasteiger partial charge in [0.1, 0.15) is 5.54 Å². The summed E-state index contributed by atoms with van der Waals surface area (Å²) < 4.78 is 0. The maximum atomic E-state index is 13.2. The molecule has 1 atom stereocenters. The lowest BCUT2D eigenvalue weighted by Crippen LogP contribution is -2.41. The number of rotatable bonds is 4. The molecule has 27 heavy (non-hydrogen) atoms. The Labute approximate surface area is 162 Å². The Bertz CT molecular complexity index is 1040. The normalized spacial score (nSPS) is 19.9. The first kappa shape index (κ1) is 17.7. The predicted molar refractivity (Wildman–Crippen MR) is 107 cm³/mol. The highest BCUT2D eigenvalue weighted by Crippen LogP contribution is 2.34. The largest absolute Gasteiger partial charge is 0.325 e. The summed E-state index contributed by atoms with van der Waals surface area (Å²) in [7, 11) is 0. The summed E-state index contributed by atoms with van der Waals surface area (Å²) in [6, 6.07) is 13.3. The van der Waals surface area contributed by atoms with Crippen LogP contribution < -0.4 is 5.32 Å². The second-order valence-electron chi connectivity index (χ2n) is 7.30. The molecule has 1 N–H and O–H groups in total. The van der Waals surface area contributed by atoms with Gasteiger partial charge in [0.15, 0.2) is 0 Å². The molecular weight excluding hydrogens is 358 g/mol. The van der Waals surface area contributed by atoms with E-state index in [0.29, 0.717) is 5.92 Å². The first-order chi connectivity index (χ1) is 12.9. The van der Waals surface area contributed by atoms with Crippen molar-refractivity contribution in [3.63, 3.8) is 0 Å². The van der Waals surface area contributed by atoms with Gasteiger partial charge in [-0.1, -0.05) is 56.3 Å². The predicted octanol–water partition coefficient (Wildman–Crippen LogP) is 4.39. The van der Waals surface area contributed by atoms with Gasteiger partial charge in [0.2, 0.25) is 0 Å². The van der Waals surface area contributed by atoms with Gasteiger partial charge in [0.25, 0.3) is 5.91 Å². The number of fused-ring (bicyclic) bond motifs is 1. The molecule has 1 fully saturated rings. The van der Waals surface area contributed by atoms with Crippen molar-refractivity contribution in [2.24, 2.45) is 0 Å². The van der Waals surface area contributed by atoms with Crippen LogP contribution in [0.5, 0.6) is 0 Å². The number of carbonyl (C=O) groups excluding carboxylic acids is 2. The van der Waals surface area contributed by atoms with E-state index >= 15 is 0 Å². The van der Waals surface area contributed by atoms with Crippen molar-refractivity contribution in [2.75, 3.05) is 0 Å². The van der Waals surface area contributed by atoms with Crippen LogP contribution in [0.2, 0.25) is 0 Å². The Kier molecular flexibility index (Phi) is 4.23. The topological polar surface area (TPSA) is 62.3 Å². The SMILES string of the molecule is CC(C)c1nc(CN2C(=O)N[C@@](C)(c3cccc4ccccc34)C2=O)cs1. The molecule has 4 rings (SSSR count). The molecule has 1 saturated heterocycles. The Morgan fingerprint density at radius 2 is 1.89 bits per heavy atom. The van der Waals surface area contributed by atoms with Crippen LogP contribution in [0.4, 0.5) is 4.79 Å². The summed E-state index contributed by atoms with van der Waals surface area (Å²) in [6.07, 6.45) is 0. The maximum Gasteiger partial charge on any atom is 0.325 e. The number of thiazole rings is 1. The van der Waals surface area contributed by atoms with Gasteiger partial charge in [0, 0.05) is 11.3 Å². The summed E-state index contributed by atoms with van der Waals surface area (Å²) in [5.41, 5.74) is 0.464. The van der Waals surface area contributed by atoms with Crippen LogP contribution in [0.15, 0.2) is 47.8 Å². The molecule has 0 saturated carbocycles. The Hall–Kier alpha value is -2.73. The van der Waals surface area contributed by atoms with Crippen molar-refractivity contribution < 1.29 is 9.59 Å². The quantitative estimate of drug-likeness (QED) is 0.684. The lowest BCUT2D eigenvalue weighted by molar-refractivity contribution is -0.131. The summed E-state index contributed by atoms with van der Waals surface area (Å²) >= 11 is 1.56. The van der Waals surface area contributed by atoms with E-state index in [9.17, 15) is 9.59 Å². The monoisotopic (exact) mass is 379 g/mol. The minimum absolute atomic E-state index is 0.189. The van der Waals surface area contributed by atoms with Gasteiger partial charge in [-0.25, -0.2) is 9.78 Å². The number of nitrogens with one attached hydrogen (secondary N) is 1. The van der Waals surface area contributed by atoms with Gasteiger partial charge in [-0.3, -0.25) is 9.69 Å². The van der Waals surface area contributed by atoms with Crippen LogP contribution in [0.1, 0.15) is 43.0 Å². The summed E-state index contributed by atoms with van der Waals surface area (Å²) in [6.45, 7) is 6.12. The lowest BCUT2D eigenvalue weighted by Gasteiger charge is -2.24. The summed E-state index contributed by atoms with van der Waals surface area (Å²) in [4.78, 5) is 31.7. The van der Waals surface area contributed by atoms with Gasteiger partial charge in [-0.15, -0.1) is 11.3 Å². The van der Waals surface area contributed by atoms with Crippen molar-refractivity contribution in [1.29, 1.82) is 0 Å². The molecule has 1 aromatic heterocycles. The molecule has 0 bridgehead atoms. The van der Waals surface area contributed by atoms with Crippen molar-refractivity contribution >= 4 is 34.0 Å². The smallest absolute Gasteiger partial charge is 0.319 e. The van der Waals surface area contributed by atoms with E-state index < -0.39 is 5.54 Å². The molecule has 5 nitrogen and oxygen atoms in total. The van der Waals surface area contributed by atoms with E-state index in [1.54, 1.807) is 18.3 Å². The highest BCUT2D eigenvalue weighted by atomic mass is 32.1. The number of amides is 3. The average Bonchev–Trinajstić information content (AvgIpc) is 3.21. The molecule has 2 aromatic carbocycles. The van der Waals surface area contributed by atoms with Gasteiger partial charge in [0.05, 0.1) is 17.2 Å². The third kappa shape index (κ3) is 2.90. The number of imide groups is 1. The molecular formula is C21H21N3O2S. The fraction of sp³-hybridized carbons (Fsp3) is 0.286. The first-order valence-electron chi connectivity index (χ1n) is 8.97. The second-order valence-corrected chi connectivity index (χ2v) is 8.19. The van der Waals surface area contributed by atoms with E-state index in [2.05, 4.69) is 24.1 Å². The van der Waals surface area contributed by atoms with E-state index in [1.807, 2.05) is 47.8 Å². The van der Waals surface area contributed by atoms with Crippen molar-refractivity contribution in [3.05, 3.63) is 64.1 Å². The van der Waals surface area contributed by atoms with E-state index in [-0.39, 0.29) is 18.5 Å². The van der Waals surface area contributed by atoms with E-state index in [0.717, 1.165) is 27.0 Å². The molecule has 1 aliphatic rings. The molecule has 6 heteroatoms. The Morgan fingerprint density at radius 1 is 1.15 bits per heavy atom. The molecule has 0 radical (unpaired) electrons. The minimum atomic E-state index is -1.09. The van der Waals surface area contributed by atoms with E-state index in [4.69, 9.17) is 0 Å². The zero-order valence-electron chi connectivity index (χ0n) is 15.5. The van der Waals surface area contributed by atoms with Crippen LogP contribution in [-0.4, -0.2) is 21.8 Å². The molecule has 138 valence electrons. The zero-order chi connectivity index (χ0) is 19.2. The fourth-order valence-corrected chi connectivity index (χ4v) is 4.33. The van der Waals surface area contributed by atoms with Crippen LogP contribution in [0.3, 0.4) is 0 Å². The highest BCUT2D eigenvalue weighted by Gasteiger charge is 2.49. The number of hydrogen-bond donors (Lipinski definition) is 1. The average molecular weight is 379 g/mol. The molecule has 3 aromatic rings. The number of benzene rings is 2. The lowest BCUT2D eigenvalue weighted by atomic mass is 9.88. The standard InChI is InChI=1S/C21H21N3O2S/c1-13(2)18-22-15(12-27-18)11-24-19(25)21(3,23-20(24)26)17-10-6-8-14-7-4-5-9-16(14)17/h4-10,12-13H,11H2,1-3H3,(H,23,26)/t21-/m0/s1. The van der Waals surface area contributed by atoms with Crippen LogP contribution in [-0.2, 0) is 16.9 Å². The van der Waals surface area contributed by atoms with Gasteiger partial charge >= 0.3 is 6.03 Å². The van der Waals surface area contributed by atoms with Crippen molar-refractivity contribution in [2.45, 2.75) is 38.8 Å². The first-order valence-corrected chi connectivity index (χ1v) is 9.85. The van der Waals surface area contributed by atoms with Gasteiger partial charge < -0.3 is 5.32 Å². The van der Waals surface area contributed by atoms with Crippen LogP contribution in [0.25, 0.3) is 10.8 Å². The van der Waals surface area contributed by atoms with Gasteiger partial charge in [-0.2, -0.15) is 0 Å².